The van der Waals surface area contributed by atoms with Crippen LogP contribution in [0.15, 0.2) is 72.8 Å². The Labute approximate surface area is 167 Å². The van der Waals surface area contributed by atoms with Crippen LogP contribution in [0, 0.1) is 0 Å². The summed E-state index contributed by atoms with van der Waals surface area (Å²) in [6.45, 7) is 5.37. The maximum absolute atomic E-state index is 10.4. The number of ether oxygens (including phenoxy) is 1. The van der Waals surface area contributed by atoms with E-state index in [2.05, 4.69) is 58.3 Å². The maximum Gasteiger partial charge on any atom is 0.127 e. The highest BCUT2D eigenvalue weighted by Gasteiger charge is 2.18. The molecule has 1 atom stereocenters. The summed E-state index contributed by atoms with van der Waals surface area (Å²) in [5.41, 5.74) is 1.30. The van der Waals surface area contributed by atoms with Crippen LogP contribution in [0.4, 0.5) is 5.69 Å². The monoisotopic (exact) mass is 376 g/mol. The van der Waals surface area contributed by atoms with E-state index in [0.717, 1.165) is 55.7 Å². The fourth-order valence-electron chi connectivity index (χ4n) is 3.79. The minimum atomic E-state index is -0.453. The number of aliphatic hydroxyl groups is 1. The van der Waals surface area contributed by atoms with Crippen molar-refractivity contribution in [1.82, 2.24) is 4.90 Å². The van der Waals surface area contributed by atoms with Gasteiger partial charge in [-0.3, -0.25) is 4.90 Å². The second kappa shape index (κ2) is 9.09. The van der Waals surface area contributed by atoms with Crippen molar-refractivity contribution in [2.24, 2.45) is 0 Å². The van der Waals surface area contributed by atoms with Gasteiger partial charge in [-0.05, 0) is 30.0 Å². The molecule has 0 spiro atoms. The zero-order valence-electron chi connectivity index (χ0n) is 16.2. The van der Waals surface area contributed by atoms with E-state index >= 15 is 0 Å². The van der Waals surface area contributed by atoms with Crippen molar-refractivity contribution in [2.75, 3.05) is 44.2 Å². The number of hydrogen-bond acceptors (Lipinski definition) is 4. The Balaban J connectivity index is 1.21. The van der Waals surface area contributed by atoms with E-state index in [-0.39, 0.29) is 0 Å². The molecule has 3 aromatic carbocycles. The first-order valence-electron chi connectivity index (χ1n) is 10.1. The van der Waals surface area contributed by atoms with Gasteiger partial charge >= 0.3 is 0 Å². The quantitative estimate of drug-likeness (QED) is 0.681. The summed E-state index contributed by atoms with van der Waals surface area (Å²) in [7, 11) is 0. The highest BCUT2D eigenvalue weighted by atomic mass is 16.5. The minimum Gasteiger partial charge on any atom is -0.490 e. The second-order valence-corrected chi connectivity index (χ2v) is 7.40. The van der Waals surface area contributed by atoms with Gasteiger partial charge in [-0.2, -0.15) is 0 Å². The number of benzene rings is 3. The van der Waals surface area contributed by atoms with Crippen LogP contribution >= 0.6 is 0 Å². The molecule has 0 bridgehead atoms. The summed E-state index contributed by atoms with van der Waals surface area (Å²) in [5.74, 6) is 0.841. The SMILES string of the molecule is OC(CCN1CCN(c2ccccc2)CC1)COc1cccc2ccccc12. The van der Waals surface area contributed by atoms with Gasteiger partial charge in [0, 0.05) is 43.8 Å². The summed E-state index contributed by atoms with van der Waals surface area (Å²) < 4.78 is 5.92. The van der Waals surface area contributed by atoms with Crippen LogP contribution in [0.3, 0.4) is 0 Å². The number of piperazine rings is 1. The molecular formula is C24H28N2O2. The molecule has 0 radical (unpaired) electrons. The van der Waals surface area contributed by atoms with Crippen LogP contribution in [-0.4, -0.2) is 55.4 Å². The lowest BCUT2D eigenvalue weighted by Crippen LogP contribution is -2.47. The zero-order valence-corrected chi connectivity index (χ0v) is 16.2. The highest BCUT2D eigenvalue weighted by molar-refractivity contribution is 5.88. The fourth-order valence-corrected chi connectivity index (χ4v) is 3.79. The van der Waals surface area contributed by atoms with E-state index in [4.69, 9.17) is 4.74 Å². The fraction of sp³-hybridized carbons (Fsp3) is 0.333. The van der Waals surface area contributed by atoms with Crippen molar-refractivity contribution in [3.63, 3.8) is 0 Å². The van der Waals surface area contributed by atoms with Crippen LogP contribution in [-0.2, 0) is 0 Å². The Hall–Kier alpha value is -2.56. The number of fused-ring (bicyclic) bond motifs is 1. The van der Waals surface area contributed by atoms with E-state index in [1.807, 2.05) is 24.3 Å². The van der Waals surface area contributed by atoms with E-state index in [1.54, 1.807) is 0 Å². The molecule has 0 saturated carbocycles. The molecule has 1 fully saturated rings. The molecule has 4 rings (SSSR count). The van der Waals surface area contributed by atoms with Gasteiger partial charge in [0.25, 0.3) is 0 Å². The van der Waals surface area contributed by atoms with Crippen LogP contribution in [0.1, 0.15) is 6.42 Å². The topological polar surface area (TPSA) is 35.9 Å². The van der Waals surface area contributed by atoms with Gasteiger partial charge in [0.05, 0.1) is 6.10 Å². The molecule has 1 unspecified atom stereocenters. The smallest absolute Gasteiger partial charge is 0.127 e. The third-order valence-electron chi connectivity index (χ3n) is 5.45. The van der Waals surface area contributed by atoms with Crippen molar-refractivity contribution in [3.05, 3.63) is 72.8 Å². The molecule has 0 aliphatic carbocycles. The van der Waals surface area contributed by atoms with Gasteiger partial charge in [0.1, 0.15) is 12.4 Å². The van der Waals surface area contributed by atoms with Gasteiger partial charge < -0.3 is 14.7 Å². The molecule has 1 N–H and O–H groups in total. The maximum atomic E-state index is 10.4. The van der Waals surface area contributed by atoms with Crippen molar-refractivity contribution < 1.29 is 9.84 Å². The Morgan fingerprint density at radius 1 is 0.821 bits per heavy atom. The van der Waals surface area contributed by atoms with Gasteiger partial charge in [-0.15, -0.1) is 0 Å². The first-order chi connectivity index (χ1) is 13.8. The van der Waals surface area contributed by atoms with Crippen molar-refractivity contribution in [2.45, 2.75) is 12.5 Å². The Morgan fingerprint density at radius 2 is 1.54 bits per heavy atom. The lowest BCUT2D eigenvalue weighted by Gasteiger charge is -2.36. The van der Waals surface area contributed by atoms with Crippen molar-refractivity contribution >= 4 is 16.5 Å². The summed E-state index contributed by atoms with van der Waals surface area (Å²) in [4.78, 5) is 4.86. The lowest BCUT2D eigenvalue weighted by atomic mass is 10.1. The average Bonchev–Trinajstić information content (AvgIpc) is 2.77. The van der Waals surface area contributed by atoms with E-state index in [0.29, 0.717) is 6.61 Å². The van der Waals surface area contributed by atoms with E-state index < -0.39 is 6.10 Å². The van der Waals surface area contributed by atoms with Crippen LogP contribution in [0.2, 0.25) is 0 Å². The first kappa shape index (κ1) is 18.8. The molecule has 1 heterocycles. The number of para-hydroxylation sites is 1. The predicted molar refractivity (Wildman–Crippen MR) is 115 cm³/mol. The molecule has 3 aromatic rings. The summed E-state index contributed by atoms with van der Waals surface area (Å²) >= 11 is 0. The number of rotatable bonds is 7. The average molecular weight is 377 g/mol. The van der Waals surface area contributed by atoms with E-state index in [1.165, 1.54) is 5.69 Å². The predicted octanol–water partition coefficient (Wildman–Crippen LogP) is 3.79. The highest BCUT2D eigenvalue weighted by Crippen LogP contribution is 2.25. The molecule has 146 valence electrons. The number of anilines is 1. The molecule has 4 nitrogen and oxygen atoms in total. The normalized spacial score (nSPS) is 16.2. The third kappa shape index (κ3) is 4.64. The Kier molecular flexibility index (Phi) is 6.10. The van der Waals surface area contributed by atoms with Crippen LogP contribution in [0.25, 0.3) is 10.8 Å². The van der Waals surface area contributed by atoms with Gasteiger partial charge in [0.2, 0.25) is 0 Å². The number of nitrogens with zero attached hydrogens (tertiary/aromatic N) is 2. The first-order valence-corrected chi connectivity index (χ1v) is 10.1. The number of aliphatic hydroxyl groups excluding tert-OH is 1. The molecule has 4 heteroatoms. The van der Waals surface area contributed by atoms with Gasteiger partial charge in [-0.1, -0.05) is 54.6 Å². The molecule has 1 aliphatic rings. The minimum absolute atomic E-state index is 0.331. The number of hydrogen-bond donors (Lipinski definition) is 1. The van der Waals surface area contributed by atoms with Gasteiger partial charge in [-0.25, -0.2) is 0 Å². The molecular weight excluding hydrogens is 348 g/mol. The molecule has 1 saturated heterocycles. The van der Waals surface area contributed by atoms with Crippen molar-refractivity contribution in [1.29, 1.82) is 0 Å². The molecule has 28 heavy (non-hydrogen) atoms. The lowest BCUT2D eigenvalue weighted by molar-refractivity contribution is 0.0873. The molecule has 1 aliphatic heterocycles. The standard InChI is InChI=1S/C24H28N2O2/c27-22(19-28-24-12-6-8-20-7-4-5-11-23(20)24)13-14-25-15-17-26(18-16-25)21-9-2-1-3-10-21/h1-12,22,27H,13-19H2. The van der Waals surface area contributed by atoms with Gasteiger partial charge in [0.15, 0.2) is 0 Å². The summed E-state index contributed by atoms with van der Waals surface area (Å²) in [5, 5.41) is 12.6. The zero-order chi connectivity index (χ0) is 19.2. The summed E-state index contributed by atoms with van der Waals surface area (Å²) in [6.07, 6.45) is 0.280. The van der Waals surface area contributed by atoms with Crippen LogP contribution in [0.5, 0.6) is 5.75 Å². The molecule has 0 amide bonds. The van der Waals surface area contributed by atoms with Crippen LogP contribution < -0.4 is 9.64 Å². The van der Waals surface area contributed by atoms with E-state index in [9.17, 15) is 5.11 Å². The molecule has 0 aromatic heterocycles. The second-order valence-electron chi connectivity index (χ2n) is 7.40. The largest absolute Gasteiger partial charge is 0.490 e. The summed E-state index contributed by atoms with van der Waals surface area (Å²) in [6, 6.07) is 24.8. The Bertz CT molecular complexity index is 871. The Morgan fingerprint density at radius 3 is 2.36 bits per heavy atom. The third-order valence-corrected chi connectivity index (χ3v) is 5.45. The van der Waals surface area contributed by atoms with Crippen molar-refractivity contribution in [3.8, 4) is 5.75 Å².